The molecular weight excluding hydrogens is 479 g/mol. The van der Waals surface area contributed by atoms with E-state index in [0.717, 1.165) is 11.1 Å². The van der Waals surface area contributed by atoms with Gasteiger partial charge in [0.15, 0.2) is 18.2 Å². The minimum Gasteiger partial charge on any atom is -0.472 e. The maximum atomic E-state index is 12.5. The third kappa shape index (κ3) is 5.32. The predicted molar refractivity (Wildman–Crippen MR) is 132 cm³/mol. The normalized spacial score (nSPS) is 11.4. The van der Waals surface area contributed by atoms with Crippen molar-refractivity contribution in [1.82, 2.24) is 24.9 Å². The first-order valence-electron chi connectivity index (χ1n) is 10.3. The first-order chi connectivity index (χ1) is 16.1. The summed E-state index contributed by atoms with van der Waals surface area (Å²) >= 11 is 11.9. The van der Waals surface area contributed by atoms with Gasteiger partial charge in [-0.15, -0.1) is 0 Å². The zero-order chi connectivity index (χ0) is 24.5. The quantitative estimate of drug-likeness (QED) is 0.339. The number of hydrogen-bond acceptors (Lipinski definition) is 5. The maximum Gasteiger partial charge on any atom is 0.324 e. The fourth-order valence-corrected chi connectivity index (χ4v) is 3.62. The van der Waals surface area contributed by atoms with Crippen molar-refractivity contribution in [3.8, 4) is 17.1 Å². The van der Waals surface area contributed by atoms with Gasteiger partial charge in [0, 0.05) is 16.7 Å². The molecule has 176 valence electrons. The van der Waals surface area contributed by atoms with Crippen LogP contribution in [-0.2, 0) is 5.41 Å². The van der Waals surface area contributed by atoms with E-state index in [1.807, 2.05) is 24.3 Å². The van der Waals surface area contributed by atoms with Crippen LogP contribution in [0.1, 0.15) is 26.3 Å². The van der Waals surface area contributed by atoms with Gasteiger partial charge in [-0.2, -0.15) is 4.98 Å². The number of ether oxygens (including phenoxy) is 1. The molecule has 0 spiro atoms. The van der Waals surface area contributed by atoms with Crippen LogP contribution in [-0.4, -0.2) is 32.3 Å². The number of nitrogens with zero attached hydrogens (tertiary/aromatic N) is 3. The summed E-state index contributed by atoms with van der Waals surface area (Å²) in [7, 11) is 0. The van der Waals surface area contributed by atoms with Crippen LogP contribution in [0.4, 0.5) is 10.7 Å². The summed E-state index contributed by atoms with van der Waals surface area (Å²) in [5, 5.41) is 8.52. The molecule has 0 fully saturated rings. The Kier molecular flexibility index (Phi) is 6.49. The van der Waals surface area contributed by atoms with Gasteiger partial charge < -0.3 is 10.1 Å². The fourth-order valence-electron chi connectivity index (χ4n) is 3.16. The number of carbonyl (C=O) groups excluding carboxylic acids is 1. The van der Waals surface area contributed by atoms with Crippen LogP contribution in [0, 0.1) is 0 Å². The second-order valence-electron chi connectivity index (χ2n) is 8.51. The van der Waals surface area contributed by atoms with E-state index in [9.17, 15) is 9.59 Å². The number of anilines is 1. The highest BCUT2D eigenvalue weighted by molar-refractivity contribution is 6.35. The van der Waals surface area contributed by atoms with E-state index in [1.54, 1.807) is 12.1 Å². The molecule has 2 aromatic heterocycles. The van der Waals surface area contributed by atoms with Crippen molar-refractivity contribution < 1.29 is 9.53 Å². The summed E-state index contributed by atoms with van der Waals surface area (Å²) in [5.41, 5.74) is 1.84. The van der Waals surface area contributed by atoms with Crippen molar-refractivity contribution in [2.45, 2.75) is 26.2 Å². The Morgan fingerprint density at radius 1 is 1.09 bits per heavy atom. The van der Waals surface area contributed by atoms with Crippen molar-refractivity contribution in [3.63, 3.8) is 0 Å². The molecule has 4 rings (SSSR count). The highest BCUT2D eigenvalue weighted by atomic mass is 35.5. The van der Waals surface area contributed by atoms with E-state index >= 15 is 0 Å². The number of carbonyl (C=O) groups is 1. The standard InChI is InChI=1S/C23H22Cl2N6O3/c1-23(2,3)14-6-4-13(5-7-14)20-27-18-11-19(32)30-31(18)21(28-20)29-22(33)26-12-34-17-9-8-15(24)10-16(17)25/h4-11H,12H2,1-3H3,(H,30,32)(H2,26,27,28,29,33). The first kappa shape index (κ1) is 23.6. The number of H-pyrrole nitrogens is 1. The lowest BCUT2D eigenvalue weighted by atomic mass is 9.87. The lowest BCUT2D eigenvalue weighted by Gasteiger charge is -2.19. The topological polar surface area (TPSA) is 113 Å². The van der Waals surface area contributed by atoms with Crippen LogP contribution in [0.2, 0.25) is 10.0 Å². The number of hydrogen-bond donors (Lipinski definition) is 3. The monoisotopic (exact) mass is 500 g/mol. The Morgan fingerprint density at radius 2 is 1.82 bits per heavy atom. The molecule has 0 saturated carbocycles. The smallest absolute Gasteiger partial charge is 0.324 e. The molecule has 2 heterocycles. The van der Waals surface area contributed by atoms with E-state index in [1.165, 1.54) is 16.6 Å². The van der Waals surface area contributed by atoms with Crippen LogP contribution in [0.3, 0.4) is 0 Å². The molecule has 2 aromatic carbocycles. The minimum absolute atomic E-state index is 0.000402. The Balaban J connectivity index is 1.53. The number of halogens is 2. The first-order valence-corrected chi connectivity index (χ1v) is 11.1. The van der Waals surface area contributed by atoms with Gasteiger partial charge in [0.25, 0.3) is 5.56 Å². The minimum atomic E-state index is -0.603. The molecule has 34 heavy (non-hydrogen) atoms. The summed E-state index contributed by atoms with van der Waals surface area (Å²) in [4.78, 5) is 33.3. The highest BCUT2D eigenvalue weighted by Gasteiger charge is 2.16. The van der Waals surface area contributed by atoms with E-state index in [2.05, 4.69) is 46.5 Å². The van der Waals surface area contributed by atoms with Gasteiger partial charge in [0.1, 0.15) is 5.75 Å². The Labute approximate surface area is 205 Å². The number of amides is 2. The van der Waals surface area contributed by atoms with Crippen molar-refractivity contribution in [2.75, 3.05) is 12.0 Å². The third-order valence-corrected chi connectivity index (χ3v) is 5.47. The zero-order valence-corrected chi connectivity index (χ0v) is 20.2. The second-order valence-corrected chi connectivity index (χ2v) is 9.35. The molecule has 0 aliphatic heterocycles. The van der Waals surface area contributed by atoms with Gasteiger partial charge in [-0.25, -0.2) is 14.3 Å². The molecule has 3 N–H and O–H groups in total. The molecule has 0 radical (unpaired) electrons. The van der Waals surface area contributed by atoms with Gasteiger partial charge >= 0.3 is 6.03 Å². The molecule has 0 aliphatic rings. The number of urea groups is 1. The molecule has 4 aromatic rings. The molecule has 0 bridgehead atoms. The van der Waals surface area contributed by atoms with Gasteiger partial charge in [0.2, 0.25) is 5.95 Å². The second kappa shape index (κ2) is 9.36. The number of rotatable bonds is 5. The number of fused-ring (bicyclic) bond motifs is 1. The molecule has 9 nitrogen and oxygen atoms in total. The lowest BCUT2D eigenvalue weighted by molar-refractivity contribution is 0.234. The average Bonchev–Trinajstić information content (AvgIpc) is 3.15. The molecule has 0 aliphatic carbocycles. The average molecular weight is 501 g/mol. The van der Waals surface area contributed by atoms with Gasteiger partial charge in [-0.05, 0) is 29.2 Å². The summed E-state index contributed by atoms with van der Waals surface area (Å²) in [5.74, 6) is 0.814. The number of benzene rings is 2. The van der Waals surface area contributed by atoms with Gasteiger partial charge in [0.05, 0.1) is 5.02 Å². The molecule has 2 amide bonds. The largest absolute Gasteiger partial charge is 0.472 e. The highest BCUT2D eigenvalue weighted by Crippen LogP contribution is 2.27. The van der Waals surface area contributed by atoms with Crippen LogP contribution in [0.15, 0.2) is 53.3 Å². The summed E-state index contributed by atoms with van der Waals surface area (Å²) in [6, 6.07) is 13.3. The van der Waals surface area contributed by atoms with E-state index in [0.29, 0.717) is 27.3 Å². The SMILES string of the molecule is CC(C)(C)c1ccc(-c2nc(NC(=O)NCOc3ccc(Cl)cc3Cl)n3[nH]c(=O)cc3n2)cc1. The van der Waals surface area contributed by atoms with E-state index < -0.39 is 6.03 Å². The van der Waals surface area contributed by atoms with Crippen LogP contribution >= 0.6 is 23.2 Å². The molecule has 0 saturated heterocycles. The zero-order valence-electron chi connectivity index (χ0n) is 18.6. The molecular formula is C23H22Cl2N6O3. The summed E-state index contributed by atoms with van der Waals surface area (Å²) < 4.78 is 6.76. The van der Waals surface area contributed by atoms with Gasteiger partial charge in [-0.1, -0.05) is 68.2 Å². The van der Waals surface area contributed by atoms with Crippen LogP contribution in [0.25, 0.3) is 17.0 Å². The third-order valence-electron chi connectivity index (χ3n) is 4.94. The van der Waals surface area contributed by atoms with Crippen molar-refractivity contribution in [2.24, 2.45) is 0 Å². The van der Waals surface area contributed by atoms with Crippen molar-refractivity contribution in [1.29, 1.82) is 0 Å². The Morgan fingerprint density at radius 3 is 2.50 bits per heavy atom. The van der Waals surface area contributed by atoms with E-state index in [-0.39, 0.29) is 23.7 Å². The Hall–Kier alpha value is -3.56. The van der Waals surface area contributed by atoms with E-state index in [4.69, 9.17) is 27.9 Å². The molecule has 0 unspecified atom stereocenters. The van der Waals surface area contributed by atoms with Crippen LogP contribution in [0.5, 0.6) is 5.75 Å². The molecule has 11 heteroatoms. The number of nitrogens with one attached hydrogen (secondary N) is 3. The summed E-state index contributed by atoms with van der Waals surface area (Å²) in [6.45, 7) is 6.22. The number of aromatic nitrogens is 4. The summed E-state index contributed by atoms with van der Waals surface area (Å²) in [6.07, 6.45) is 0. The van der Waals surface area contributed by atoms with Crippen molar-refractivity contribution >= 4 is 40.8 Å². The lowest BCUT2D eigenvalue weighted by Crippen LogP contribution is -2.33. The van der Waals surface area contributed by atoms with Crippen LogP contribution < -0.4 is 20.9 Å². The number of aromatic amines is 1. The Bertz CT molecular complexity index is 1410. The maximum absolute atomic E-state index is 12.5. The van der Waals surface area contributed by atoms with Crippen molar-refractivity contribution in [3.05, 3.63) is 74.5 Å². The fraction of sp³-hybridized carbons (Fsp3) is 0.217. The molecule has 0 atom stereocenters. The van der Waals surface area contributed by atoms with Gasteiger partial charge in [-0.3, -0.25) is 15.2 Å². The predicted octanol–water partition coefficient (Wildman–Crippen LogP) is 4.85.